The average molecular weight is 378 g/mol. The van der Waals surface area contributed by atoms with E-state index in [0.717, 1.165) is 22.1 Å². The second-order valence-electron chi connectivity index (χ2n) is 6.53. The summed E-state index contributed by atoms with van der Waals surface area (Å²) in [6.07, 6.45) is 2.97. The van der Waals surface area contributed by atoms with Gasteiger partial charge < -0.3 is 18.6 Å². The Hall–Kier alpha value is -3.54. The van der Waals surface area contributed by atoms with Crippen LogP contribution >= 0.6 is 0 Å². The molecule has 6 heteroatoms. The van der Waals surface area contributed by atoms with Gasteiger partial charge in [0, 0.05) is 23.1 Å². The van der Waals surface area contributed by atoms with Crippen LogP contribution in [-0.4, -0.2) is 12.8 Å². The Labute approximate surface area is 160 Å². The Kier molecular flexibility index (Phi) is 4.61. The Morgan fingerprint density at radius 1 is 1.11 bits per heavy atom. The molecule has 0 fully saturated rings. The fourth-order valence-corrected chi connectivity index (χ4v) is 3.02. The maximum absolute atomic E-state index is 12.1. The Balaban J connectivity index is 1.49. The lowest BCUT2D eigenvalue weighted by Crippen LogP contribution is -2.06. The summed E-state index contributed by atoms with van der Waals surface area (Å²) in [5.74, 6) is 0.812. The van der Waals surface area contributed by atoms with Crippen molar-refractivity contribution >= 4 is 23.0 Å². The molecule has 0 amide bonds. The minimum absolute atomic E-state index is 0.0189. The number of esters is 1. The largest absolute Gasteiger partial charge is 0.458 e. The van der Waals surface area contributed by atoms with E-state index in [1.165, 1.54) is 12.1 Å². The molecule has 0 saturated carbocycles. The molecular formula is C22H18O6. The van der Waals surface area contributed by atoms with Crippen molar-refractivity contribution < 1.29 is 23.4 Å². The molecule has 6 nitrogen and oxygen atoms in total. The van der Waals surface area contributed by atoms with Crippen molar-refractivity contribution in [1.82, 2.24) is 0 Å². The molecule has 4 rings (SSSR count). The predicted octanol–water partition coefficient (Wildman–Crippen LogP) is 3.90. The number of hydrogen-bond donors (Lipinski definition) is 0. The van der Waals surface area contributed by atoms with Crippen LogP contribution in [0.5, 0.6) is 11.5 Å². The van der Waals surface area contributed by atoms with Crippen molar-refractivity contribution in [3.05, 3.63) is 75.1 Å². The third kappa shape index (κ3) is 3.49. The van der Waals surface area contributed by atoms with Gasteiger partial charge in [-0.15, -0.1) is 0 Å². The van der Waals surface area contributed by atoms with E-state index in [9.17, 15) is 9.59 Å². The average Bonchev–Trinajstić information content (AvgIpc) is 3.15. The first-order valence-electron chi connectivity index (χ1n) is 8.79. The predicted molar refractivity (Wildman–Crippen MR) is 103 cm³/mol. The van der Waals surface area contributed by atoms with Crippen molar-refractivity contribution in [3.63, 3.8) is 0 Å². The summed E-state index contributed by atoms with van der Waals surface area (Å²) in [7, 11) is 0. The van der Waals surface area contributed by atoms with Crippen LogP contribution in [0.3, 0.4) is 0 Å². The molecule has 142 valence electrons. The molecule has 1 aromatic heterocycles. The van der Waals surface area contributed by atoms with Gasteiger partial charge in [0.2, 0.25) is 6.79 Å². The summed E-state index contributed by atoms with van der Waals surface area (Å²) in [5.41, 5.74) is 3.37. The minimum atomic E-state index is -0.511. The SMILES string of the molecule is Cc1ccc2c(COC(=O)C=Cc3ccc4c(c3)OCO4)cc(=O)oc2c1C. The summed E-state index contributed by atoms with van der Waals surface area (Å²) in [6, 6.07) is 10.6. The molecule has 0 aliphatic carbocycles. The maximum atomic E-state index is 12.1. The lowest BCUT2D eigenvalue weighted by atomic mass is 10.0. The van der Waals surface area contributed by atoms with E-state index in [2.05, 4.69) is 0 Å². The molecule has 0 radical (unpaired) electrons. The molecule has 2 heterocycles. The van der Waals surface area contributed by atoms with Crippen LogP contribution in [0.4, 0.5) is 0 Å². The van der Waals surface area contributed by atoms with Crippen LogP contribution in [0, 0.1) is 13.8 Å². The molecule has 0 saturated heterocycles. The summed E-state index contributed by atoms with van der Waals surface area (Å²) in [5, 5.41) is 0.759. The zero-order valence-electron chi connectivity index (χ0n) is 15.5. The van der Waals surface area contributed by atoms with E-state index in [-0.39, 0.29) is 13.4 Å². The van der Waals surface area contributed by atoms with Gasteiger partial charge in [0.05, 0.1) is 0 Å². The highest BCUT2D eigenvalue weighted by Gasteiger charge is 2.13. The Morgan fingerprint density at radius 3 is 2.79 bits per heavy atom. The van der Waals surface area contributed by atoms with Crippen molar-refractivity contribution in [2.45, 2.75) is 20.5 Å². The van der Waals surface area contributed by atoms with Gasteiger partial charge in [-0.1, -0.05) is 18.2 Å². The van der Waals surface area contributed by atoms with Crippen molar-refractivity contribution in [2.75, 3.05) is 6.79 Å². The third-order valence-electron chi connectivity index (χ3n) is 4.70. The number of hydrogen-bond acceptors (Lipinski definition) is 6. The van der Waals surface area contributed by atoms with Crippen LogP contribution in [0.25, 0.3) is 17.0 Å². The number of rotatable bonds is 4. The lowest BCUT2D eigenvalue weighted by Gasteiger charge is -2.09. The van der Waals surface area contributed by atoms with E-state index < -0.39 is 11.6 Å². The van der Waals surface area contributed by atoms with E-state index in [0.29, 0.717) is 22.6 Å². The lowest BCUT2D eigenvalue weighted by molar-refractivity contribution is -0.138. The fraction of sp³-hybridized carbons (Fsp3) is 0.182. The first-order chi connectivity index (χ1) is 13.5. The smallest absolute Gasteiger partial charge is 0.336 e. The summed E-state index contributed by atoms with van der Waals surface area (Å²) < 4.78 is 21.2. The zero-order chi connectivity index (χ0) is 19.7. The van der Waals surface area contributed by atoms with E-state index in [1.54, 1.807) is 18.2 Å². The molecule has 2 aromatic carbocycles. The zero-order valence-corrected chi connectivity index (χ0v) is 15.5. The highest BCUT2D eigenvalue weighted by atomic mass is 16.7. The van der Waals surface area contributed by atoms with Crippen LogP contribution in [0.2, 0.25) is 0 Å². The summed E-state index contributed by atoms with van der Waals surface area (Å²) in [6.45, 7) is 4.02. The molecule has 0 N–H and O–H groups in total. The van der Waals surface area contributed by atoms with Gasteiger partial charge in [-0.05, 0) is 48.7 Å². The molecule has 0 bridgehead atoms. The monoisotopic (exact) mass is 378 g/mol. The number of ether oxygens (including phenoxy) is 3. The van der Waals surface area contributed by atoms with Gasteiger partial charge in [0.1, 0.15) is 12.2 Å². The number of carbonyl (C=O) groups excluding carboxylic acids is 1. The minimum Gasteiger partial charge on any atom is -0.458 e. The van der Waals surface area contributed by atoms with Crippen molar-refractivity contribution in [3.8, 4) is 11.5 Å². The van der Waals surface area contributed by atoms with Gasteiger partial charge >= 0.3 is 11.6 Å². The molecule has 3 aromatic rings. The van der Waals surface area contributed by atoms with Gasteiger partial charge in [-0.25, -0.2) is 9.59 Å². The van der Waals surface area contributed by atoms with Crippen LogP contribution in [0.15, 0.2) is 51.7 Å². The summed E-state index contributed by atoms with van der Waals surface area (Å²) in [4.78, 5) is 24.0. The topological polar surface area (TPSA) is 75.0 Å². The number of aryl methyl sites for hydroxylation is 2. The van der Waals surface area contributed by atoms with E-state index in [1.807, 2.05) is 32.0 Å². The molecular weight excluding hydrogens is 360 g/mol. The number of fused-ring (bicyclic) bond motifs is 2. The molecule has 0 atom stereocenters. The quantitative estimate of drug-likeness (QED) is 0.389. The Morgan fingerprint density at radius 2 is 1.93 bits per heavy atom. The van der Waals surface area contributed by atoms with Crippen LogP contribution in [-0.2, 0) is 16.1 Å². The summed E-state index contributed by atoms with van der Waals surface area (Å²) >= 11 is 0. The fourth-order valence-electron chi connectivity index (χ4n) is 3.02. The van der Waals surface area contributed by atoms with E-state index in [4.69, 9.17) is 18.6 Å². The van der Waals surface area contributed by atoms with Crippen LogP contribution < -0.4 is 15.1 Å². The number of benzene rings is 2. The molecule has 0 unspecified atom stereocenters. The molecule has 1 aliphatic heterocycles. The first kappa shape index (κ1) is 17.9. The Bertz CT molecular complexity index is 1160. The van der Waals surface area contributed by atoms with Crippen molar-refractivity contribution in [1.29, 1.82) is 0 Å². The third-order valence-corrected chi connectivity index (χ3v) is 4.70. The van der Waals surface area contributed by atoms with Gasteiger partial charge in [0.15, 0.2) is 11.5 Å². The maximum Gasteiger partial charge on any atom is 0.336 e. The second kappa shape index (κ2) is 7.23. The van der Waals surface area contributed by atoms with E-state index >= 15 is 0 Å². The second-order valence-corrected chi connectivity index (χ2v) is 6.53. The number of carbonyl (C=O) groups is 1. The first-order valence-corrected chi connectivity index (χ1v) is 8.79. The highest BCUT2D eigenvalue weighted by Crippen LogP contribution is 2.32. The van der Waals surface area contributed by atoms with Crippen LogP contribution in [0.1, 0.15) is 22.3 Å². The molecule has 28 heavy (non-hydrogen) atoms. The van der Waals surface area contributed by atoms with Crippen molar-refractivity contribution in [2.24, 2.45) is 0 Å². The normalized spacial score (nSPS) is 12.6. The highest BCUT2D eigenvalue weighted by molar-refractivity contribution is 5.88. The molecule has 0 spiro atoms. The van der Waals surface area contributed by atoms with Gasteiger partial charge in [0.25, 0.3) is 0 Å². The standard InChI is InChI=1S/C22H18O6/c1-13-3-6-17-16(10-21(24)28-22(17)14(13)2)11-25-20(23)8-5-15-4-7-18-19(9-15)27-12-26-18/h3-10H,11-12H2,1-2H3. The molecule has 1 aliphatic rings. The van der Waals surface area contributed by atoms with Gasteiger partial charge in [-0.3, -0.25) is 0 Å². The van der Waals surface area contributed by atoms with Gasteiger partial charge in [-0.2, -0.15) is 0 Å².